The van der Waals surface area contributed by atoms with Gasteiger partial charge in [0, 0.05) is 6.42 Å². The Morgan fingerprint density at radius 2 is 2.33 bits per heavy atom. The van der Waals surface area contributed by atoms with E-state index < -0.39 is 0 Å². The first-order valence-electron chi connectivity index (χ1n) is 3.34. The van der Waals surface area contributed by atoms with Crippen molar-refractivity contribution >= 4 is 5.91 Å². The van der Waals surface area contributed by atoms with Gasteiger partial charge < -0.3 is 11.1 Å². The number of amides is 1. The average molecular weight is 128 g/mol. The third kappa shape index (κ3) is 2.01. The van der Waals surface area contributed by atoms with E-state index in [9.17, 15) is 4.79 Å². The maximum atomic E-state index is 10.7. The van der Waals surface area contributed by atoms with Crippen molar-refractivity contribution in [2.24, 2.45) is 5.73 Å². The molecule has 0 aromatic carbocycles. The van der Waals surface area contributed by atoms with Gasteiger partial charge >= 0.3 is 0 Å². The molecule has 1 unspecified atom stereocenters. The Bertz CT molecular complexity index is 114. The first-order chi connectivity index (χ1) is 4.29. The van der Waals surface area contributed by atoms with Gasteiger partial charge in [-0.2, -0.15) is 0 Å². The van der Waals surface area contributed by atoms with Gasteiger partial charge in [-0.3, -0.25) is 4.79 Å². The number of nitrogens with two attached hydrogens (primary N) is 1. The van der Waals surface area contributed by atoms with Crippen LogP contribution >= 0.6 is 0 Å². The van der Waals surface area contributed by atoms with Crippen molar-refractivity contribution in [2.45, 2.75) is 31.8 Å². The van der Waals surface area contributed by atoms with Gasteiger partial charge in [0.05, 0.1) is 6.17 Å². The minimum atomic E-state index is -0.0972. The molecule has 1 atom stereocenters. The standard InChI is InChI=1S/C6H12N2O/c7-5-3-1-2-4-6(9)8-5/h5H,1-4,7H2,(H,8,9). The zero-order valence-corrected chi connectivity index (χ0v) is 5.39. The molecule has 1 saturated heterocycles. The van der Waals surface area contributed by atoms with Crippen molar-refractivity contribution in [1.29, 1.82) is 0 Å². The van der Waals surface area contributed by atoms with E-state index in [0.29, 0.717) is 6.42 Å². The third-order valence-electron chi connectivity index (χ3n) is 1.52. The molecule has 0 aliphatic carbocycles. The fourth-order valence-corrected chi connectivity index (χ4v) is 1.00. The number of rotatable bonds is 0. The van der Waals surface area contributed by atoms with Crippen LogP contribution in [0, 0.1) is 0 Å². The van der Waals surface area contributed by atoms with Crippen molar-refractivity contribution < 1.29 is 4.79 Å². The predicted molar refractivity (Wildman–Crippen MR) is 34.6 cm³/mol. The third-order valence-corrected chi connectivity index (χ3v) is 1.52. The molecule has 1 amide bonds. The van der Waals surface area contributed by atoms with E-state index in [1.54, 1.807) is 0 Å². The largest absolute Gasteiger partial charge is 0.341 e. The summed E-state index contributed by atoms with van der Waals surface area (Å²) in [4.78, 5) is 10.7. The van der Waals surface area contributed by atoms with Crippen molar-refractivity contribution in [3.63, 3.8) is 0 Å². The summed E-state index contributed by atoms with van der Waals surface area (Å²) in [6.45, 7) is 0. The second-order valence-corrected chi connectivity index (χ2v) is 2.42. The lowest BCUT2D eigenvalue weighted by Crippen LogP contribution is -2.39. The monoisotopic (exact) mass is 128 g/mol. The Hall–Kier alpha value is -0.570. The molecule has 1 aliphatic rings. The van der Waals surface area contributed by atoms with Gasteiger partial charge in [0.15, 0.2) is 0 Å². The number of nitrogens with one attached hydrogen (secondary N) is 1. The van der Waals surface area contributed by atoms with E-state index in [2.05, 4.69) is 5.32 Å². The van der Waals surface area contributed by atoms with Gasteiger partial charge in [-0.1, -0.05) is 0 Å². The highest BCUT2D eigenvalue weighted by molar-refractivity contribution is 5.76. The van der Waals surface area contributed by atoms with E-state index in [-0.39, 0.29) is 12.1 Å². The summed E-state index contributed by atoms with van der Waals surface area (Å²) in [6, 6.07) is 0. The molecule has 3 heteroatoms. The number of hydrogen-bond acceptors (Lipinski definition) is 2. The first kappa shape index (κ1) is 6.55. The molecule has 0 aromatic heterocycles. The Kier molecular flexibility index (Phi) is 2.05. The van der Waals surface area contributed by atoms with E-state index in [0.717, 1.165) is 19.3 Å². The normalized spacial score (nSPS) is 29.0. The fourth-order valence-electron chi connectivity index (χ4n) is 1.00. The van der Waals surface area contributed by atoms with Crippen LogP contribution in [0.15, 0.2) is 0 Å². The van der Waals surface area contributed by atoms with E-state index >= 15 is 0 Å². The molecule has 1 fully saturated rings. The van der Waals surface area contributed by atoms with Gasteiger partial charge in [-0.05, 0) is 19.3 Å². The van der Waals surface area contributed by atoms with E-state index in [4.69, 9.17) is 5.73 Å². The summed E-state index contributed by atoms with van der Waals surface area (Å²) in [5, 5.41) is 2.68. The van der Waals surface area contributed by atoms with Crippen molar-refractivity contribution in [3.05, 3.63) is 0 Å². The Labute approximate surface area is 54.6 Å². The Morgan fingerprint density at radius 1 is 1.56 bits per heavy atom. The highest BCUT2D eigenvalue weighted by Crippen LogP contribution is 2.05. The summed E-state index contributed by atoms with van der Waals surface area (Å²) in [6.07, 6.45) is 3.53. The minimum Gasteiger partial charge on any atom is -0.341 e. The lowest BCUT2D eigenvalue weighted by molar-refractivity contribution is -0.121. The summed E-state index contributed by atoms with van der Waals surface area (Å²) in [5.74, 6) is 0.0972. The van der Waals surface area contributed by atoms with Crippen LogP contribution in [0.25, 0.3) is 0 Å². The average Bonchev–Trinajstić information content (AvgIpc) is 1.93. The predicted octanol–water partition coefficient (Wildman–Crippen LogP) is -0.0386. The SMILES string of the molecule is NC1CCCCC(=O)N1. The molecule has 3 nitrogen and oxygen atoms in total. The molecular formula is C6H12N2O. The van der Waals surface area contributed by atoms with Gasteiger partial charge in [0.1, 0.15) is 0 Å². The summed E-state index contributed by atoms with van der Waals surface area (Å²) < 4.78 is 0. The molecule has 0 saturated carbocycles. The second kappa shape index (κ2) is 2.82. The minimum absolute atomic E-state index is 0.0972. The molecule has 1 rings (SSSR count). The molecular weight excluding hydrogens is 116 g/mol. The molecule has 0 aromatic rings. The van der Waals surface area contributed by atoms with Crippen LogP contribution in [0.3, 0.4) is 0 Å². The number of hydrogen-bond donors (Lipinski definition) is 2. The number of carbonyl (C=O) groups excluding carboxylic acids is 1. The van der Waals surface area contributed by atoms with E-state index in [1.165, 1.54) is 0 Å². The van der Waals surface area contributed by atoms with Crippen LogP contribution in [0.4, 0.5) is 0 Å². The molecule has 0 spiro atoms. The van der Waals surface area contributed by atoms with Gasteiger partial charge in [-0.25, -0.2) is 0 Å². The van der Waals surface area contributed by atoms with Crippen LogP contribution in [0.1, 0.15) is 25.7 Å². The highest BCUT2D eigenvalue weighted by atomic mass is 16.1. The molecule has 0 bridgehead atoms. The smallest absolute Gasteiger partial charge is 0.221 e. The summed E-state index contributed by atoms with van der Waals surface area (Å²) >= 11 is 0. The van der Waals surface area contributed by atoms with Crippen LogP contribution in [-0.4, -0.2) is 12.1 Å². The number of carbonyl (C=O) groups is 1. The first-order valence-corrected chi connectivity index (χ1v) is 3.34. The maximum Gasteiger partial charge on any atom is 0.221 e. The van der Waals surface area contributed by atoms with Gasteiger partial charge in [0.25, 0.3) is 0 Å². The molecule has 3 N–H and O–H groups in total. The van der Waals surface area contributed by atoms with Crippen LogP contribution in [0.2, 0.25) is 0 Å². The zero-order chi connectivity index (χ0) is 6.69. The lowest BCUT2D eigenvalue weighted by Gasteiger charge is -2.07. The van der Waals surface area contributed by atoms with E-state index in [1.807, 2.05) is 0 Å². The van der Waals surface area contributed by atoms with Crippen LogP contribution < -0.4 is 11.1 Å². The summed E-state index contributed by atoms with van der Waals surface area (Å²) in [5.41, 5.74) is 5.49. The maximum absolute atomic E-state index is 10.7. The molecule has 1 heterocycles. The quantitative estimate of drug-likeness (QED) is 0.481. The highest BCUT2D eigenvalue weighted by Gasteiger charge is 2.10. The summed E-state index contributed by atoms with van der Waals surface area (Å²) in [7, 11) is 0. The van der Waals surface area contributed by atoms with Gasteiger partial charge in [0.2, 0.25) is 5.91 Å². The fraction of sp³-hybridized carbons (Fsp3) is 0.833. The Balaban J connectivity index is 2.37. The Morgan fingerprint density at radius 3 is 3.11 bits per heavy atom. The zero-order valence-electron chi connectivity index (χ0n) is 5.39. The lowest BCUT2D eigenvalue weighted by atomic mass is 10.2. The van der Waals surface area contributed by atoms with Gasteiger partial charge in [-0.15, -0.1) is 0 Å². The van der Waals surface area contributed by atoms with Crippen molar-refractivity contribution in [1.82, 2.24) is 5.32 Å². The molecule has 0 radical (unpaired) electrons. The topological polar surface area (TPSA) is 55.1 Å². The van der Waals surface area contributed by atoms with Crippen LogP contribution in [0.5, 0.6) is 0 Å². The van der Waals surface area contributed by atoms with Crippen LogP contribution in [-0.2, 0) is 4.79 Å². The van der Waals surface area contributed by atoms with Crippen molar-refractivity contribution in [3.8, 4) is 0 Å². The second-order valence-electron chi connectivity index (χ2n) is 2.42. The molecule has 1 aliphatic heterocycles. The molecule has 9 heavy (non-hydrogen) atoms. The van der Waals surface area contributed by atoms with Crippen molar-refractivity contribution in [2.75, 3.05) is 0 Å². The molecule has 52 valence electrons.